The van der Waals surface area contributed by atoms with Gasteiger partial charge in [0.25, 0.3) is 0 Å². The van der Waals surface area contributed by atoms with Crippen molar-refractivity contribution < 1.29 is 0 Å². The van der Waals surface area contributed by atoms with E-state index in [2.05, 4.69) is 27.6 Å². The van der Waals surface area contributed by atoms with Crippen molar-refractivity contribution in [2.24, 2.45) is 5.92 Å². The Labute approximate surface area is 118 Å². The van der Waals surface area contributed by atoms with Gasteiger partial charge >= 0.3 is 0 Å². The third kappa shape index (κ3) is 2.57. The van der Waals surface area contributed by atoms with Gasteiger partial charge in [-0.15, -0.1) is 29.9 Å². The minimum atomic E-state index is 0.216. The van der Waals surface area contributed by atoms with E-state index in [1.165, 1.54) is 12.8 Å². The van der Waals surface area contributed by atoms with Crippen molar-refractivity contribution in [3.8, 4) is 0 Å². The Hall–Kier alpha value is 0.220. The first-order valence-corrected chi connectivity index (χ1v) is 8.18. The third-order valence-corrected chi connectivity index (χ3v) is 5.51. The Bertz CT molecular complexity index is 316. The Morgan fingerprint density at radius 1 is 1.39 bits per heavy atom. The molecule has 6 heteroatoms. The molecule has 0 aromatic carbocycles. The fourth-order valence-electron chi connectivity index (χ4n) is 3.15. The molecule has 5 atom stereocenters. The number of alkyl halides is 1. The third-order valence-electron chi connectivity index (χ3n) is 4.02. The van der Waals surface area contributed by atoms with Gasteiger partial charge in [-0.1, -0.05) is 12.5 Å². The minimum absolute atomic E-state index is 0.216. The lowest BCUT2D eigenvalue weighted by Crippen LogP contribution is -2.65. The molecule has 5 unspecified atom stereocenters. The maximum Gasteiger partial charge on any atom is 0.129 e. The molecule has 4 nitrogen and oxygen atoms in total. The molecule has 2 heterocycles. The van der Waals surface area contributed by atoms with Crippen LogP contribution < -0.4 is 16.1 Å². The lowest BCUT2D eigenvalue weighted by molar-refractivity contribution is 0.0350. The van der Waals surface area contributed by atoms with Gasteiger partial charge < -0.3 is 0 Å². The molecule has 3 fully saturated rings. The predicted molar refractivity (Wildman–Crippen MR) is 77.1 cm³/mol. The molecule has 0 aromatic heterocycles. The maximum atomic E-state index is 6.45. The number of fused-ring (bicyclic) bond motifs is 2. The van der Waals surface area contributed by atoms with Crippen LogP contribution in [0, 0.1) is 5.92 Å². The molecule has 0 radical (unpaired) electrons. The van der Waals surface area contributed by atoms with E-state index in [1.54, 1.807) is 0 Å². The van der Waals surface area contributed by atoms with Gasteiger partial charge in [0.2, 0.25) is 0 Å². The van der Waals surface area contributed by atoms with E-state index in [9.17, 15) is 0 Å². The van der Waals surface area contributed by atoms with Crippen LogP contribution in [0.25, 0.3) is 0 Å². The molecule has 3 aliphatic rings. The highest BCUT2D eigenvalue weighted by Crippen LogP contribution is 2.33. The van der Waals surface area contributed by atoms with Crippen molar-refractivity contribution in [2.75, 3.05) is 12.3 Å². The summed E-state index contributed by atoms with van der Waals surface area (Å²) in [5.74, 6) is 1.63. The van der Waals surface area contributed by atoms with Crippen LogP contribution in [0.15, 0.2) is 12.7 Å². The van der Waals surface area contributed by atoms with Gasteiger partial charge in [-0.3, -0.25) is 10.6 Å². The highest BCUT2D eigenvalue weighted by Gasteiger charge is 2.44. The number of thioether (sulfide) groups is 1. The Morgan fingerprint density at radius 3 is 3.11 bits per heavy atom. The predicted octanol–water partition coefficient (Wildman–Crippen LogP) is 1.26. The molecule has 3 N–H and O–H groups in total. The van der Waals surface area contributed by atoms with Crippen molar-refractivity contribution in [3.05, 3.63) is 12.7 Å². The van der Waals surface area contributed by atoms with E-state index >= 15 is 0 Å². The summed E-state index contributed by atoms with van der Waals surface area (Å²) in [6, 6.07) is 0.458. The molecule has 2 saturated heterocycles. The standard InChI is InChI=1S/C12H21ClN4S/c1-2-6-18-12-15-11-14-10-8(7-17(11)16-12)4-3-5-9(10)13/h2,8-12,14-16H,1,3-7H2. The first kappa shape index (κ1) is 13.2. The molecule has 0 spiro atoms. The van der Waals surface area contributed by atoms with Crippen molar-refractivity contribution in [1.82, 2.24) is 21.1 Å². The summed E-state index contributed by atoms with van der Waals surface area (Å²) < 4.78 is 0. The molecule has 0 amide bonds. The zero-order valence-corrected chi connectivity index (χ0v) is 12.0. The molecule has 102 valence electrons. The topological polar surface area (TPSA) is 39.3 Å². The Morgan fingerprint density at radius 2 is 2.28 bits per heavy atom. The fourth-order valence-corrected chi connectivity index (χ4v) is 4.35. The lowest BCUT2D eigenvalue weighted by Gasteiger charge is -2.45. The number of hydrogen-bond donors (Lipinski definition) is 3. The van der Waals surface area contributed by atoms with E-state index in [0.29, 0.717) is 12.0 Å². The van der Waals surface area contributed by atoms with E-state index in [-0.39, 0.29) is 17.2 Å². The van der Waals surface area contributed by atoms with Crippen LogP contribution in [-0.2, 0) is 0 Å². The molecular formula is C12H21ClN4S. The van der Waals surface area contributed by atoms with Gasteiger partial charge in [0.05, 0.1) is 0 Å². The number of hydrogen-bond acceptors (Lipinski definition) is 5. The van der Waals surface area contributed by atoms with Gasteiger partial charge in [-0.05, 0) is 18.8 Å². The molecule has 0 bridgehead atoms. The summed E-state index contributed by atoms with van der Waals surface area (Å²) in [7, 11) is 0. The van der Waals surface area contributed by atoms with Gasteiger partial charge in [0.1, 0.15) is 11.8 Å². The average molecular weight is 289 g/mol. The lowest BCUT2D eigenvalue weighted by atomic mass is 9.83. The second-order valence-electron chi connectivity index (χ2n) is 5.25. The van der Waals surface area contributed by atoms with Gasteiger partial charge in [0, 0.05) is 23.7 Å². The van der Waals surface area contributed by atoms with Crippen LogP contribution in [0.3, 0.4) is 0 Å². The zero-order chi connectivity index (χ0) is 12.5. The molecular weight excluding hydrogens is 268 g/mol. The van der Waals surface area contributed by atoms with Crippen molar-refractivity contribution in [1.29, 1.82) is 0 Å². The zero-order valence-electron chi connectivity index (χ0n) is 10.4. The second kappa shape index (κ2) is 5.69. The van der Waals surface area contributed by atoms with Crippen LogP contribution in [0.5, 0.6) is 0 Å². The highest BCUT2D eigenvalue weighted by atomic mass is 35.5. The number of rotatable bonds is 3. The monoisotopic (exact) mass is 288 g/mol. The van der Waals surface area contributed by atoms with E-state index in [4.69, 9.17) is 11.6 Å². The second-order valence-corrected chi connectivity index (χ2v) is 6.95. The largest absolute Gasteiger partial charge is 0.284 e. The van der Waals surface area contributed by atoms with Crippen LogP contribution in [-0.4, -0.2) is 40.5 Å². The average Bonchev–Trinajstić information content (AvgIpc) is 2.76. The first-order valence-electron chi connectivity index (χ1n) is 6.69. The van der Waals surface area contributed by atoms with Crippen LogP contribution >= 0.6 is 23.4 Å². The summed E-state index contributed by atoms with van der Waals surface area (Å²) >= 11 is 8.28. The van der Waals surface area contributed by atoms with Crippen LogP contribution in [0.4, 0.5) is 0 Å². The smallest absolute Gasteiger partial charge is 0.129 e. The Kier molecular flexibility index (Phi) is 4.18. The number of nitrogens with one attached hydrogen (secondary N) is 3. The molecule has 1 aliphatic carbocycles. The summed E-state index contributed by atoms with van der Waals surface area (Å²) in [5, 5.41) is 9.77. The molecule has 0 aromatic rings. The summed E-state index contributed by atoms with van der Waals surface area (Å²) in [5.41, 5.74) is 3.78. The van der Waals surface area contributed by atoms with E-state index < -0.39 is 0 Å². The van der Waals surface area contributed by atoms with Crippen molar-refractivity contribution in [3.63, 3.8) is 0 Å². The number of halogens is 1. The van der Waals surface area contributed by atoms with Gasteiger partial charge in [0.15, 0.2) is 0 Å². The van der Waals surface area contributed by atoms with Crippen LogP contribution in [0.2, 0.25) is 0 Å². The number of hydrazine groups is 1. The first-order chi connectivity index (χ1) is 8.78. The SMILES string of the molecule is C=CCSC1NC2NC3C(Cl)CCCC3CN2N1. The van der Waals surface area contributed by atoms with E-state index in [1.807, 2.05) is 17.8 Å². The summed E-state index contributed by atoms with van der Waals surface area (Å²) in [6.45, 7) is 4.85. The summed E-state index contributed by atoms with van der Waals surface area (Å²) in [4.78, 5) is 0. The van der Waals surface area contributed by atoms with Crippen molar-refractivity contribution >= 4 is 23.4 Å². The normalized spacial score (nSPS) is 44.4. The molecule has 2 aliphatic heterocycles. The minimum Gasteiger partial charge on any atom is -0.284 e. The quantitative estimate of drug-likeness (QED) is 0.539. The Balaban J connectivity index is 1.61. The molecule has 1 saturated carbocycles. The molecule has 18 heavy (non-hydrogen) atoms. The summed E-state index contributed by atoms with van der Waals surface area (Å²) in [6.07, 6.45) is 5.85. The highest BCUT2D eigenvalue weighted by molar-refractivity contribution is 7.99. The fraction of sp³-hybridized carbons (Fsp3) is 0.833. The van der Waals surface area contributed by atoms with Crippen molar-refractivity contribution in [2.45, 2.75) is 42.5 Å². The van der Waals surface area contributed by atoms with Gasteiger partial charge in [-0.2, -0.15) is 0 Å². The van der Waals surface area contributed by atoms with Gasteiger partial charge in [-0.25, -0.2) is 10.4 Å². The number of nitrogens with zero attached hydrogens (tertiary/aromatic N) is 1. The molecule has 3 rings (SSSR count). The van der Waals surface area contributed by atoms with Crippen LogP contribution in [0.1, 0.15) is 19.3 Å². The maximum absolute atomic E-state index is 6.45. The van der Waals surface area contributed by atoms with E-state index in [0.717, 1.165) is 18.7 Å².